The molecule has 0 saturated heterocycles. The second-order valence-corrected chi connectivity index (χ2v) is 7.39. The number of benzene rings is 2. The number of halogens is 1. The standard InChI is InChI=1S/C20H21ClO3Si/c1-13(2)24-19-9-8-15(10-14-6-4-3-5-7-14)11-16(19)18(22)12-17(21)20(23)25/h3-9,11-13H,10H2,1-2,25H3/b17-12-. The Balaban J connectivity index is 2.38. The molecule has 0 radical (unpaired) electrons. The van der Waals surface area contributed by atoms with Gasteiger partial charge in [0.25, 0.3) is 0 Å². The highest BCUT2D eigenvalue weighted by Crippen LogP contribution is 2.24. The summed E-state index contributed by atoms with van der Waals surface area (Å²) in [6.07, 6.45) is 1.83. The predicted molar refractivity (Wildman–Crippen MR) is 105 cm³/mol. The highest BCUT2D eigenvalue weighted by molar-refractivity contribution is 6.70. The molecule has 130 valence electrons. The fourth-order valence-corrected chi connectivity index (χ4v) is 2.61. The van der Waals surface area contributed by atoms with E-state index in [9.17, 15) is 9.59 Å². The highest BCUT2D eigenvalue weighted by Gasteiger charge is 2.15. The normalized spacial score (nSPS) is 11.6. The van der Waals surface area contributed by atoms with Gasteiger partial charge in [-0.2, -0.15) is 0 Å². The first kappa shape index (κ1) is 19.2. The summed E-state index contributed by atoms with van der Waals surface area (Å²) in [5.74, 6) is 0.179. The number of ketones is 1. The van der Waals surface area contributed by atoms with Crippen LogP contribution in [0.4, 0.5) is 0 Å². The Morgan fingerprint density at radius 3 is 2.40 bits per heavy atom. The van der Waals surface area contributed by atoms with Gasteiger partial charge in [0.1, 0.15) is 11.2 Å². The van der Waals surface area contributed by atoms with Crippen molar-refractivity contribution in [2.45, 2.75) is 26.4 Å². The van der Waals surface area contributed by atoms with Gasteiger partial charge in [-0.05, 0) is 43.5 Å². The number of carbonyl (C=O) groups excluding carboxylic acids is 2. The van der Waals surface area contributed by atoms with Crippen molar-refractivity contribution in [1.29, 1.82) is 0 Å². The van der Waals surface area contributed by atoms with Gasteiger partial charge in [-0.3, -0.25) is 4.79 Å². The third-order valence-corrected chi connectivity index (χ3v) is 4.75. The molecule has 2 aromatic carbocycles. The molecule has 2 aromatic rings. The molecule has 0 fully saturated rings. The molecule has 0 heterocycles. The fourth-order valence-electron chi connectivity index (χ4n) is 2.36. The average molecular weight is 373 g/mol. The van der Waals surface area contributed by atoms with Crippen LogP contribution in [0.5, 0.6) is 5.75 Å². The molecule has 5 heteroatoms. The zero-order chi connectivity index (χ0) is 18.4. The molecule has 0 aliphatic rings. The lowest BCUT2D eigenvalue weighted by molar-refractivity contribution is -0.108. The van der Waals surface area contributed by atoms with E-state index < -0.39 is 0 Å². The second kappa shape index (κ2) is 8.79. The van der Waals surface area contributed by atoms with Crippen molar-refractivity contribution in [2.75, 3.05) is 0 Å². The van der Waals surface area contributed by atoms with Gasteiger partial charge >= 0.3 is 0 Å². The average Bonchev–Trinajstić information content (AvgIpc) is 2.56. The zero-order valence-corrected chi connectivity index (χ0v) is 17.3. The summed E-state index contributed by atoms with van der Waals surface area (Å²) in [4.78, 5) is 23.9. The molecule has 0 N–H and O–H groups in total. The predicted octanol–water partition coefficient (Wildman–Crippen LogP) is 3.26. The largest absolute Gasteiger partial charge is 0.490 e. The molecule has 0 unspecified atom stereocenters. The van der Waals surface area contributed by atoms with E-state index in [0.717, 1.165) is 11.1 Å². The van der Waals surface area contributed by atoms with Crippen LogP contribution in [-0.2, 0) is 11.2 Å². The maximum atomic E-state index is 12.6. The molecule has 0 aromatic heterocycles. The summed E-state index contributed by atoms with van der Waals surface area (Å²) < 4.78 is 5.74. The summed E-state index contributed by atoms with van der Waals surface area (Å²) >= 11 is 5.87. The first-order chi connectivity index (χ1) is 11.9. The monoisotopic (exact) mass is 372 g/mol. The van der Waals surface area contributed by atoms with Gasteiger partial charge in [0, 0.05) is 6.08 Å². The van der Waals surface area contributed by atoms with Crippen LogP contribution in [0.1, 0.15) is 35.3 Å². The minimum absolute atomic E-state index is 0.0272. The quantitative estimate of drug-likeness (QED) is 0.425. The third-order valence-electron chi connectivity index (χ3n) is 3.52. The van der Waals surface area contributed by atoms with E-state index in [-0.39, 0.29) is 32.6 Å². The van der Waals surface area contributed by atoms with Crippen LogP contribution in [0.25, 0.3) is 0 Å². The van der Waals surface area contributed by atoms with Gasteiger partial charge in [0.05, 0.1) is 26.9 Å². The van der Waals surface area contributed by atoms with Gasteiger partial charge in [0.2, 0.25) is 0 Å². The van der Waals surface area contributed by atoms with E-state index in [1.54, 1.807) is 6.07 Å². The molecule has 3 nitrogen and oxygen atoms in total. The van der Waals surface area contributed by atoms with Crippen molar-refractivity contribution >= 4 is 33.0 Å². The first-order valence-electron chi connectivity index (χ1n) is 8.12. The van der Waals surface area contributed by atoms with Gasteiger partial charge in [-0.1, -0.05) is 48.0 Å². The molecule has 0 amide bonds. The molecular formula is C20H21ClO3Si. The van der Waals surface area contributed by atoms with Crippen molar-refractivity contribution in [3.63, 3.8) is 0 Å². The van der Waals surface area contributed by atoms with Gasteiger partial charge < -0.3 is 9.53 Å². The van der Waals surface area contributed by atoms with Crippen molar-refractivity contribution in [3.05, 3.63) is 76.3 Å². The SMILES string of the molecule is CC(C)Oc1ccc(Cc2ccccc2)cc1C(=O)/C=C(\Cl)C(=O)[SiH3]. The molecule has 0 aliphatic heterocycles. The van der Waals surface area contributed by atoms with Crippen molar-refractivity contribution < 1.29 is 14.3 Å². The fraction of sp³-hybridized carbons (Fsp3) is 0.200. The molecule has 2 rings (SSSR count). The molecular weight excluding hydrogens is 352 g/mol. The number of hydrogen-bond acceptors (Lipinski definition) is 3. The molecule has 0 spiro atoms. The van der Waals surface area contributed by atoms with E-state index in [1.807, 2.05) is 56.3 Å². The lowest BCUT2D eigenvalue weighted by atomic mass is 10.00. The molecule has 0 atom stereocenters. The molecule has 0 saturated carbocycles. The van der Waals surface area contributed by atoms with Crippen LogP contribution < -0.4 is 4.74 Å². The number of carbonyl (C=O) groups is 2. The minimum Gasteiger partial charge on any atom is -0.490 e. The smallest absolute Gasteiger partial charge is 0.191 e. The molecule has 0 aliphatic carbocycles. The summed E-state index contributed by atoms with van der Waals surface area (Å²) in [5, 5.41) is -0.234. The Labute approximate surface area is 156 Å². The van der Waals surface area contributed by atoms with E-state index in [1.165, 1.54) is 6.08 Å². The van der Waals surface area contributed by atoms with Gasteiger partial charge in [0.15, 0.2) is 5.78 Å². The minimum atomic E-state index is -0.320. The zero-order valence-electron chi connectivity index (χ0n) is 14.6. The van der Waals surface area contributed by atoms with Gasteiger partial charge in [-0.15, -0.1) is 0 Å². The lowest BCUT2D eigenvalue weighted by Gasteiger charge is -2.14. The Hall–Kier alpha value is -2.17. The summed E-state index contributed by atoms with van der Waals surface area (Å²) in [5.41, 5.74) is 2.57. The maximum Gasteiger partial charge on any atom is 0.191 e. The Morgan fingerprint density at radius 1 is 1.12 bits per heavy atom. The number of rotatable bonds is 7. The van der Waals surface area contributed by atoms with E-state index in [0.29, 0.717) is 17.7 Å². The summed E-state index contributed by atoms with van der Waals surface area (Å²) in [6.45, 7) is 3.80. The number of allylic oxidation sites excluding steroid dienone is 2. The molecule has 25 heavy (non-hydrogen) atoms. The van der Waals surface area contributed by atoms with Gasteiger partial charge in [-0.25, -0.2) is 0 Å². The number of ether oxygens (including phenoxy) is 1. The topological polar surface area (TPSA) is 43.4 Å². The van der Waals surface area contributed by atoms with Crippen LogP contribution in [0.2, 0.25) is 0 Å². The van der Waals surface area contributed by atoms with Crippen molar-refractivity contribution in [1.82, 2.24) is 0 Å². The van der Waals surface area contributed by atoms with Crippen LogP contribution >= 0.6 is 11.6 Å². The van der Waals surface area contributed by atoms with E-state index in [4.69, 9.17) is 16.3 Å². The Morgan fingerprint density at radius 2 is 1.80 bits per heavy atom. The summed E-state index contributed by atoms with van der Waals surface area (Å²) in [6, 6.07) is 15.6. The lowest BCUT2D eigenvalue weighted by Crippen LogP contribution is -2.10. The first-order valence-corrected chi connectivity index (χ1v) is 9.50. The van der Waals surface area contributed by atoms with Crippen LogP contribution in [0.15, 0.2) is 59.6 Å². The number of hydrogen-bond donors (Lipinski definition) is 0. The van der Waals surface area contributed by atoms with E-state index >= 15 is 0 Å². The van der Waals surface area contributed by atoms with Crippen LogP contribution in [-0.4, -0.2) is 27.5 Å². The maximum absolute atomic E-state index is 12.6. The van der Waals surface area contributed by atoms with E-state index in [2.05, 4.69) is 0 Å². The Kier molecular flexibility index (Phi) is 6.73. The van der Waals surface area contributed by atoms with Crippen LogP contribution in [0, 0.1) is 0 Å². The van der Waals surface area contributed by atoms with Crippen molar-refractivity contribution in [2.24, 2.45) is 0 Å². The van der Waals surface area contributed by atoms with Crippen LogP contribution in [0.3, 0.4) is 0 Å². The highest BCUT2D eigenvalue weighted by atomic mass is 35.5. The molecule has 0 bridgehead atoms. The Bertz CT molecular complexity index is 798. The second-order valence-electron chi connectivity index (χ2n) is 6.07. The third kappa shape index (κ3) is 5.69. The van der Waals surface area contributed by atoms with Crippen molar-refractivity contribution in [3.8, 4) is 5.75 Å². The summed E-state index contributed by atoms with van der Waals surface area (Å²) in [7, 11) is 0.276.